The molecule has 1 saturated heterocycles. The summed E-state index contributed by atoms with van der Waals surface area (Å²) in [5, 5.41) is 3.98. The van der Waals surface area contributed by atoms with Crippen molar-refractivity contribution in [1.82, 2.24) is 10.2 Å². The summed E-state index contributed by atoms with van der Waals surface area (Å²) < 4.78 is 0. The Morgan fingerprint density at radius 2 is 1.70 bits per heavy atom. The minimum atomic E-state index is 0.460. The molecule has 20 heavy (non-hydrogen) atoms. The van der Waals surface area contributed by atoms with Crippen molar-refractivity contribution in [3.8, 4) is 0 Å². The third kappa shape index (κ3) is 2.78. The van der Waals surface area contributed by atoms with Crippen molar-refractivity contribution in [2.75, 3.05) is 13.1 Å². The molecular weight excluding hydrogens is 244 g/mol. The van der Waals surface area contributed by atoms with Gasteiger partial charge in [0.15, 0.2) is 0 Å². The van der Waals surface area contributed by atoms with Crippen LogP contribution in [0.1, 0.15) is 72.1 Å². The molecule has 3 fully saturated rings. The van der Waals surface area contributed by atoms with Gasteiger partial charge >= 0.3 is 0 Å². The molecule has 2 aliphatic carbocycles. The van der Waals surface area contributed by atoms with Crippen molar-refractivity contribution >= 4 is 0 Å². The Morgan fingerprint density at radius 3 is 2.25 bits per heavy atom. The van der Waals surface area contributed by atoms with Gasteiger partial charge in [0.05, 0.1) is 0 Å². The molecule has 1 spiro atoms. The van der Waals surface area contributed by atoms with E-state index in [1.54, 1.807) is 0 Å². The molecule has 2 saturated carbocycles. The number of nitrogens with zero attached hydrogens (tertiary/aromatic N) is 1. The third-order valence-corrected chi connectivity index (χ3v) is 6.53. The molecule has 1 aliphatic heterocycles. The predicted octanol–water partition coefficient (Wildman–Crippen LogP) is 3.81. The van der Waals surface area contributed by atoms with Gasteiger partial charge in [-0.1, -0.05) is 39.5 Å². The van der Waals surface area contributed by atoms with Crippen molar-refractivity contribution < 1.29 is 0 Å². The number of piperazine rings is 1. The average molecular weight is 278 g/mol. The Hall–Kier alpha value is -0.0800. The van der Waals surface area contributed by atoms with Gasteiger partial charge in [0, 0.05) is 30.7 Å². The van der Waals surface area contributed by atoms with Crippen LogP contribution in [0.3, 0.4) is 0 Å². The molecule has 1 N–H and O–H groups in total. The van der Waals surface area contributed by atoms with Gasteiger partial charge in [-0.05, 0) is 44.4 Å². The maximum Gasteiger partial charge on any atom is 0.0309 e. The molecule has 2 nitrogen and oxygen atoms in total. The van der Waals surface area contributed by atoms with Crippen molar-refractivity contribution in [3.63, 3.8) is 0 Å². The van der Waals surface area contributed by atoms with Crippen LogP contribution >= 0.6 is 0 Å². The lowest BCUT2D eigenvalue weighted by molar-refractivity contribution is -0.0185. The molecule has 0 aromatic carbocycles. The minimum absolute atomic E-state index is 0.460. The quantitative estimate of drug-likeness (QED) is 0.844. The molecule has 0 amide bonds. The number of hydrogen-bond donors (Lipinski definition) is 1. The summed E-state index contributed by atoms with van der Waals surface area (Å²) in [6, 6.07) is 1.55. The second-order valence-electron chi connectivity index (χ2n) is 8.14. The van der Waals surface area contributed by atoms with Gasteiger partial charge in [-0.15, -0.1) is 0 Å². The van der Waals surface area contributed by atoms with Crippen LogP contribution in [0.2, 0.25) is 0 Å². The molecule has 0 aromatic rings. The second kappa shape index (κ2) is 5.96. The van der Waals surface area contributed by atoms with E-state index in [1.165, 1.54) is 64.5 Å². The normalized spacial score (nSPS) is 33.3. The number of hydrogen-bond acceptors (Lipinski definition) is 2. The number of nitrogens with one attached hydrogen (secondary N) is 1. The van der Waals surface area contributed by atoms with E-state index in [1.807, 2.05) is 0 Å². The summed E-state index contributed by atoms with van der Waals surface area (Å²) in [5.41, 5.74) is 0.460. The smallest absolute Gasteiger partial charge is 0.0309 e. The molecule has 2 atom stereocenters. The first kappa shape index (κ1) is 14.8. The Morgan fingerprint density at radius 1 is 1.00 bits per heavy atom. The Labute approximate surface area is 125 Å². The highest BCUT2D eigenvalue weighted by atomic mass is 15.3. The van der Waals surface area contributed by atoms with Gasteiger partial charge in [-0.3, -0.25) is 4.90 Å². The van der Waals surface area contributed by atoms with Gasteiger partial charge in [-0.2, -0.15) is 0 Å². The maximum absolute atomic E-state index is 3.98. The van der Waals surface area contributed by atoms with E-state index in [4.69, 9.17) is 0 Å². The summed E-state index contributed by atoms with van der Waals surface area (Å²) >= 11 is 0. The van der Waals surface area contributed by atoms with Crippen LogP contribution in [0.15, 0.2) is 0 Å². The molecule has 2 unspecified atom stereocenters. The Balaban J connectivity index is 1.73. The summed E-state index contributed by atoms with van der Waals surface area (Å²) in [6.45, 7) is 9.86. The van der Waals surface area contributed by atoms with Crippen molar-refractivity contribution in [1.29, 1.82) is 0 Å². The van der Waals surface area contributed by atoms with Crippen molar-refractivity contribution in [2.24, 2.45) is 11.8 Å². The lowest BCUT2D eigenvalue weighted by Crippen LogP contribution is -2.68. The summed E-state index contributed by atoms with van der Waals surface area (Å²) in [7, 11) is 0. The number of rotatable bonds is 3. The molecule has 0 radical (unpaired) electrons. The average Bonchev–Trinajstić information content (AvgIpc) is 2.37. The van der Waals surface area contributed by atoms with Crippen LogP contribution in [0.5, 0.6) is 0 Å². The van der Waals surface area contributed by atoms with Gasteiger partial charge in [0.25, 0.3) is 0 Å². The molecular formula is C18H34N2. The fourth-order valence-corrected chi connectivity index (χ4v) is 4.78. The topological polar surface area (TPSA) is 15.3 Å². The Bertz CT molecular complexity index is 315. The lowest BCUT2D eigenvalue weighted by atomic mass is 9.75. The largest absolute Gasteiger partial charge is 0.308 e. The first-order valence-corrected chi connectivity index (χ1v) is 9.12. The van der Waals surface area contributed by atoms with Gasteiger partial charge in [-0.25, -0.2) is 0 Å². The van der Waals surface area contributed by atoms with Gasteiger partial charge < -0.3 is 5.32 Å². The molecule has 0 bridgehead atoms. The second-order valence-corrected chi connectivity index (χ2v) is 8.14. The van der Waals surface area contributed by atoms with E-state index in [0.717, 1.165) is 23.9 Å². The molecule has 0 aromatic heterocycles. The summed E-state index contributed by atoms with van der Waals surface area (Å²) in [6.07, 6.45) is 11.6. The van der Waals surface area contributed by atoms with Crippen LogP contribution in [0.4, 0.5) is 0 Å². The molecule has 2 heteroatoms. The van der Waals surface area contributed by atoms with Gasteiger partial charge in [0.2, 0.25) is 0 Å². The zero-order valence-electron chi connectivity index (χ0n) is 13.8. The first-order valence-electron chi connectivity index (χ1n) is 9.12. The monoisotopic (exact) mass is 278 g/mol. The third-order valence-electron chi connectivity index (χ3n) is 6.53. The lowest BCUT2D eigenvalue weighted by Gasteiger charge is -2.54. The van der Waals surface area contributed by atoms with E-state index < -0.39 is 0 Å². The summed E-state index contributed by atoms with van der Waals surface area (Å²) in [4.78, 5) is 2.91. The van der Waals surface area contributed by atoms with Crippen molar-refractivity contribution in [2.45, 2.75) is 89.8 Å². The standard InChI is InChI=1S/C18H34N2/c1-14(2)17-12-19-18(10-5-4-6-11-18)13-20(17)15(3)16-8-7-9-16/h14-17,19H,4-13H2,1-3H3. The zero-order valence-corrected chi connectivity index (χ0v) is 13.8. The first-order chi connectivity index (χ1) is 9.61. The zero-order chi connectivity index (χ0) is 14.2. The van der Waals surface area contributed by atoms with Gasteiger partial charge in [0.1, 0.15) is 0 Å². The van der Waals surface area contributed by atoms with E-state index in [9.17, 15) is 0 Å². The fourth-order valence-electron chi connectivity index (χ4n) is 4.78. The minimum Gasteiger partial charge on any atom is -0.308 e. The van der Waals surface area contributed by atoms with Crippen molar-refractivity contribution in [3.05, 3.63) is 0 Å². The predicted molar refractivity (Wildman–Crippen MR) is 86.0 cm³/mol. The van der Waals surface area contributed by atoms with E-state index in [2.05, 4.69) is 31.0 Å². The van der Waals surface area contributed by atoms with Crippen LogP contribution in [0, 0.1) is 11.8 Å². The SMILES string of the molecule is CC(C)C1CNC2(CCCCC2)CN1C(C)C1CCC1. The highest BCUT2D eigenvalue weighted by Crippen LogP contribution is 2.38. The fraction of sp³-hybridized carbons (Fsp3) is 1.00. The highest BCUT2D eigenvalue weighted by molar-refractivity contribution is 5.02. The van der Waals surface area contributed by atoms with Crippen LogP contribution in [-0.2, 0) is 0 Å². The summed E-state index contributed by atoms with van der Waals surface area (Å²) in [5.74, 6) is 1.75. The molecule has 3 rings (SSSR count). The van der Waals surface area contributed by atoms with E-state index in [0.29, 0.717) is 5.54 Å². The Kier molecular flexibility index (Phi) is 4.42. The molecule has 3 aliphatic rings. The van der Waals surface area contributed by atoms with E-state index >= 15 is 0 Å². The van der Waals surface area contributed by atoms with Crippen LogP contribution in [-0.4, -0.2) is 35.6 Å². The van der Waals surface area contributed by atoms with E-state index in [-0.39, 0.29) is 0 Å². The maximum atomic E-state index is 3.98. The molecule has 116 valence electrons. The highest BCUT2D eigenvalue weighted by Gasteiger charge is 2.43. The molecule has 1 heterocycles. The van der Waals surface area contributed by atoms with Crippen LogP contribution in [0.25, 0.3) is 0 Å². The van der Waals surface area contributed by atoms with Crippen LogP contribution < -0.4 is 5.32 Å².